The first-order valence-corrected chi connectivity index (χ1v) is 6.73. The summed E-state index contributed by atoms with van der Waals surface area (Å²) in [5.74, 6) is -0.232. The number of piperazine rings is 2. The van der Waals surface area contributed by atoms with E-state index in [1.165, 1.54) is 8.61 Å². The Morgan fingerprint density at radius 3 is 2.25 bits per heavy atom. The van der Waals surface area contributed by atoms with Crippen LogP contribution >= 0.6 is 0 Å². The lowest BCUT2D eigenvalue weighted by Crippen LogP contribution is -2.57. The second-order valence-corrected chi connectivity index (χ2v) is 5.77. The summed E-state index contributed by atoms with van der Waals surface area (Å²) >= 11 is 0. The molecule has 0 atom stereocenters. The Hall–Kier alpha value is -0.700. The normalized spacial score (nSPS) is 25.4. The van der Waals surface area contributed by atoms with Gasteiger partial charge in [0.05, 0.1) is 6.54 Å². The van der Waals surface area contributed by atoms with Crippen LogP contribution in [0.15, 0.2) is 0 Å². The second kappa shape index (κ2) is 4.66. The Kier molecular flexibility index (Phi) is 3.43. The average molecular weight is 248 g/mol. The minimum Gasteiger partial charge on any atom is -0.354 e. The molecule has 0 unspecified atom stereocenters. The Morgan fingerprint density at radius 2 is 1.62 bits per heavy atom. The van der Waals surface area contributed by atoms with Crippen LogP contribution in [0.5, 0.6) is 0 Å². The molecule has 7 nitrogen and oxygen atoms in total. The van der Waals surface area contributed by atoms with Gasteiger partial charge in [0, 0.05) is 39.3 Å². The SMILES string of the molecule is O=C1CN(S(=O)(=O)N2CCNCC2)CCN1. The molecule has 0 aromatic heterocycles. The quantitative estimate of drug-likeness (QED) is 0.569. The molecule has 0 aromatic carbocycles. The molecular weight excluding hydrogens is 232 g/mol. The van der Waals surface area contributed by atoms with Gasteiger partial charge in [-0.05, 0) is 0 Å². The highest BCUT2D eigenvalue weighted by Gasteiger charge is 2.33. The first-order chi connectivity index (χ1) is 7.60. The molecule has 8 heteroatoms. The highest BCUT2D eigenvalue weighted by Crippen LogP contribution is 2.10. The summed E-state index contributed by atoms with van der Waals surface area (Å²) in [6.07, 6.45) is 0. The summed E-state index contributed by atoms with van der Waals surface area (Å²) in [5, 5.41) is 5.71. The van der Waals surface area contributed by atoms with Crippen LogP contribution in [0.25, 0.3) is 0 Å². The average Bonchev–Trinajstić information content (AvgIpc) is 2.30. The van der Waals surface area contributed by atoms with E-state index in [9.17, 15) is 13.2 Å². The van der Waals surface area contributed by atoms with Gasteiger partial charge in [0.1, 0.15) is 0 Å². The van der Waals surface area contributed by atoms with Crippen molar-refractivity contribution in [2.24, 2.45) is 0 Å². The van der Waals surface area contributed by atoms with Crippen LogP contribution in [0.2, 0.25) is 0 Å². The minimum absolute atomic E-state index is 0.0632. The van der Waals surface area contributed by atoms with Crippen LogP contribution in [0, 0.1) is 0 Å². The number of hydrogen-bond donors (Lipinski definition) is 2. The van der Waals surface area contributed by atoms with Gasteiger partial charge in [0.25, 0.3) is 10.2 Å². The maximum absolute atomic E-state index is 12.1. The highest BCUT2D eigenvalue weighted by atomic mass is 32.2. The molecule has 2 aliphatic heterocycles. The number of hydrogen-bond acceptors (Lipinski definition) is 4. The summed E-state index contributed by atoms with van der Waals surface area (Å²) in [6.45, 7) is 2.97. The Morgan fingerprint density at radius 1 is 1.00 bits per heavy atom. The topological polar surface area (TPSA) is 81.8 Å². The first kappa shape index (κ1) is 11.8. The fourth-order valence-electron chi connectivity index (χ4n) is 1.85. The summed E-state index contributed by atoms with van der Waals surface area (Å²) in [7, 11) is -3.45. The number of nitrogens with one attached hydrogen (secondary N) is 2. The molecule has 0 bridgehead atoms. The number of nitrogens with zero attached hydrogens (tertiary/aromatic N) is 2. The smallest absolute Gasteiger partial charge is 0.282 e. The molecule has 1 amide bonds. The first-order valence-electron chi connectivity index (χ1n) is 5.33. The lowest BCUT2D eigenvalue weighted by Gasteiger charge is -2.33. The molecule has 16 heavy (non-hydrogen) atoms. The highest BCUT2D eigenvalue weighted by molar-refractivity contribution is 7.86. The van der Waals surface area contributed by atoms with Crippen molar-refractivity contribution in [3.05, 3.63) is 0 Å². The predicted molar refractivity (Wildman–Crippen MR) is 57.9 cm³/mol. The fraction of sp³-hybridized carbons (Fsp3) is 0.875. The molecule has 2 aliphatic rings. The summed E-state index contributed by atoms with van der Waals surface area (Å²) in [4.78, 5) is 11.2. The molecule has 2 N–H and O–H groups in total. The third-order valence-electron chi connectivity index (χ3n) is 2.73. The van der Waals surface area contributed by atoms with Gasteiger partial charge in [0.2, 0.25) is 5.91 Å². The van der Waals surface area contributed by atoms with Gasteiger partial charge in [-0.3, -0.25) is 4.79 Å². The van der Waals surface area contributed by atoms with E-state index in [1.807, 2.05) is 0 Å². The van der Waals surface area contributed by atoms with E-state index in [1.54, 1.807) is 0 Å². The number of amides is 1. The molecule has 0 spiro atoms. The molecule has 0 radical (unpaired) electrons. The largest absolute Gasteiger partial charge is 0.354 e. The molecule has 0 saturated carbocycles. The van der Waals surface area contributed by atoms with Crippen LogP contribution in [0.1, 0.15) is 0 Å². The molecule has 2 rings (SSSR count). The van der Waals surface area contributed by atoms with Crippen molar-refractivity contribution < 1.29 is 13.2 Å². The van der Waals surface area contributed by atoms with Crippen LogP contribution in [0.4, 0.5) is 0 Å². The van der Waals surface area contributed by atoms with Gasteiger partial charge in [-0.2, -0.15) is 17.0 Å². The zero-order valence-corrected chi connectivity index (χ0v) is 9.79. The molecule has 92 valence electrons. The van der Waals surface area contributed by atoms with Crippen molar-refractivity contribution in [1.82, 2.24) is 19.2 Å². The monoisotopic (exact) mass is 248 g/mol. The van der Waals surface area contributed by atoms with E-state index in [-0.39, 0.29) is 12.5 Å². The Labute approximate surface area is 95.0 Å². The van der Waals surface area contributed by atoms with E-state index in [4.69, 9.17) is 0 Å². The van der Waals surface area contributed by atoms with E-state index in [0.29, 0.717) is 39.3 Å². The van der Waals surface area contributed by atoms with E-state index in [0.717, 1.165) is 0 Å². The summed E-state index contributed by atoms with van der Waals surface area (Å²) in [6, 6.07) is 0. The van der Waals surface area contributed by atoms with Gasteiger partial charge in [-0.15, -0.1) is 0 Å². The molecule has 0 aromatic rings. The molecule has 2 heterocycles. The van der Waals surface area contributed by atoms with Gasteiger partial charge in [-0.25, -0.2) is 0 Å². The minimum atomic E-state index is -3.45. The molecule has 0 aliphatic carbocycles. The van der Waals surface area contributed by atoms with Crippen LogP contribution in [0.3, 0.4) is 0 Å². The maximum Gasteiger partial charge on any atom is 0.282 e. The van der Waals surface area contributed by atoms with Crippen molar-refractivity contribution in [3.63, 3.8) is 0 Å². The van der Waals surface area contributed by atoms with Crippen LogP contribution in [-0.2, 0) is 15.0 Å². The lowest BCUT2D eigenvalue weighted by molar-refractivity contribution is -0.122. The number of rotatable bonds is 2. The van der Waals surface area contributed by atoms with Crippen molar-refractivity contribution in [2.45, 2.75) is 0 Å². The zero-order chi connectivity index (χ0) is 11.6. The fourth-order valence-corrected chi connectivity index (χ4v) is 3.42. The third kappa shape index (κ3) is 2.34. The number of carbonyl (C=O) groups excluding carboxylic acids is 1. The van der Waals surface area contributed by atoms with Crippen LogP contribution < -0.4 is 10.6 Å². The summed E-state index contributed by atoms with van der Waals surface area (Å²) in [5.41, 5.74) is 0. The van der Waals surface area contributed by atoms with Crippen molar-refractivity contribution in [3.8, 4) is 0 Å². The second-order valence-electron chi connectivity index (χ2n) is 3.84. The lowest BCUT2D eigenvalue weighted by atomic mass is 10.4. The predicted octanol–water partition coefficient (Wildman–Crippen LogP) is -2.43. The molecular formula is C8H16N4O3S. The van der Waals surface area contributed by atoms with E-state index < -0.39 is 10.2 Å². The number of carbonyl (C=O) groups is 1. The molecule has 2 saturated heterocycles. The van der Waals surface area contributed by atoms with Gasteiger partial charge < -0.3 is 10.6 Å². The maximum atomic E-state index is 12.1. The van der Waals surface area contributed by atoms with Gasteiger partial charge in [0.15, 0.2) is 0 Å². The standard InChI is InChI=1S/C8H16N4O3S/c13-8-7-12(6-3-10-8)16(14,15)11-4-1-9-2-5-11/h9H,1-7H2,(H,10,13). The van der Waals surface area contributed by atoms with Crippen LogP contribution in [-0.4, -0.2) is 68.7 Å². The van der Waals surface area contributed by atoms with E-state index >= 15 is 0 Å². The molecule has 2 fully saturated rings. The Bertz CT molecular complexity index is 363. The van der Waals surface area contributed by atoms with Crippen molar-refractivity contribution in [1.29, 1.82) is 0 Å². The van der Waals surface area contributed by atoms with Gasteiger partial charge in [-0.1, -0.05) is 0 Å². The van der Waals surface area contributed by atoms with E-state index in [2.05, 4.69) is 10.6 Å². The van der Waals surface area contributed by atoms with Gasteiger partial charge >= 0.3 is 0 Å². The zero-order valence-electron chi connectivity index (χ0n) is 8.98. The third-order valence-corrected chi connectivity index (χ3v) is 4.71. The Balaban J connectivity index is 2.07. The summed E-state index contributed by atoms with van der Waals surface area (Å²) < 4.78 is 26.9. The van der Waals surface area contributed by atoms with Crippen molar-refractivity contribution >= 4 is 16.1 Å². The van der Waals surface area contributed by atoms with Crippen molar-refractivity contribution in [2.75, 3.05) is 45.8 Å².